The number of methoxy groups -OCH3 is 3. The number of ether oxygens (including phenoxy) is 3. The Balaban J connectivity index is 0.000000501. The Hall–Kier alpha value is -3.33. The minimum absolute atomic E-state index is 0.0214. The monoisotopic (exact) mass is 432 g/mol. The minimum Gasteiger partial charge on any atom is -0.493 e. The van der Waals surface area contributed by atoms with Gasteiger partial charge in [-0.05, 0) is 55.7 Å². The summed E-state index contributed by atoms with van der Waals surface area (Å²) < 4.78 is 16.4. The van der Waals surface area contributed by atoms with Crippen LogP contribution in [-0.4, -0.2) is 54.0 Å². The number of carboxylic acids is 2. The van der Waals surface area contributed by atoms with E-state index in [9.17, 15) is 0 Å². The third kappa shape index (κ3) is 5.64. The Morgan fingerprint density at radius 1 is 0.968 bits per heavy atom. The number of carboxylic acid groups (broad SMARTS) is 2. The van der Waals surface area contributed by atoms with E-state index < -0.39 is 11.9 Å². The molecule has 2 heterocycles. The first-order chi connectivity index (χ1) is 14.6. The first kappa shape index (κ1) is 23.9. The Kier molecular flexibility index (Phi) is 7.82. The van der Waals surface area contributed by atoms with Crippen molar-refractivity contribution < 1.29 is 34.0 Å². The highest BCUT2D eigenvalue weighted by Crippen LogP contribution is 2.47. The number of nitrogens with zero attached hydrogens (tertiary/aromatic N) is 1. The zero-order chi connectivity index (χ0) is 23.2. The molecule has 0 aliphatic carbocycles. The van der Waals surface area contributed by atoms with Crippen LogP contribution in [0.15, 0.2) is 36.7 Å². The molecule has 1 aromatic carbocycles. The number of hydrogen-bond acceptors (Lipinski definition) is 7. The van der Waals surface area contributed by atoms with Gasteiger partial charge in [0.1, 0.15) is 0 Å². The van der Waals surface area contributed by atoms with Gasteiger partial charge in [0, 0.05) is 29.9 Å². The number of rotatable bonds is 5. The number of pyridine rings is 1. The van der Waals surface area contributed by atoms with Crippen molar-refractivity contribution >= 4 is 11.9 Å². The number of aromatic nitrogens is 1. The van der Waals surface area contributed by atoms with Gasteiger partial charge in [0.25, 0.3) is 0 Å². The topological polar surface area (TPSA) is 127 Å². The molecule has 1 aliphatic rings. The van der Waals surface area contributed by atoms with Crippen LogP contribution < -0.4 is 19.5 Å². The Morgan fingerprint density at radius 2 is 1.48 bits per heavy atom. The molecule has 1 aromatic heterocycles. The van der Waals surface area contributed by atoms with Gasteiger partial charge in [-0.1, -0.05) is 0 Å². The maximum atomic E-state index is 9.10. The number of aliphatic carboxylic acids is 2. The van der Waals surface area contributed by atoms with Crippen LogP contribution in [0.5, 0.6) is 17.2 Å². The molecule has 9 heteroatoms. The Bertz CT molecular complexity index is 878. The average Bonchev–Trinajstić information content (AvgIpc) is 3.08. The van der Waals surface area contributed by atoms with Gasteiger partial charge in [0.05, 0.1) is 21.3 Å². The molecule has 1 aliphatic heterocycles. The summed E-state index contributed by atoms with van der Waals surface area (Å²) in [6.45, 7) is 4.49. The van der Waals surface area contributed by atoms with Crippen molar-refractivity contribution in [3.63, 3.8) is 0 Å². The molecule has 168 valence electrons. The Morgan fingerprint density at radius 3 is 1.90 bits per heavy atom. The van der Waals surface area contributed by atoms with E-state index in [0.717, 1.165) is 12.0 Å². The van der Waals surface area contributed by atoms with Crippen LogP contribution in [-0.2, 0) is 9.59 Å². The SMILES string of the molecule is COc1cc([C@H]2C[C@@H](c3ccncc3)C(C)(C)N2)cc(OC)c1OC.O=C(O)C(=O)O. The van der Waals surface area contributed by atoms with Crippen molar-refractivity contribution in [2.45, 2.75) is 37.8 Å². The summed E-state index contributed by atoms with van der Waals surface area (Å²) in [7, 11) is 4.91. The summed E-state index contributed by atoms with van der Waals surface area (Å²) in [6.07, 6.45) is 4.71. The van der Waals surface area contributed by atoms with Crippen LogP contribution in [0.1, 0.15) is 43.4 Å². The van der Waals surface area contributed by atoms with Crippen molar-refractivity contribution in [1.82, 2.24) is 10.3 Å². The third-order valence-corrected chi connectivity index (χ3v) is 5.27. The summed E-state index contributed by atoms with van der Waals surface area (Å²) in [6, 6.07) is 8.48. The molecule has 0 radical (unpaired) electrons. The summed E-state index contributed by atoms with van der Waals surface area (Å²) in [5.41, 5.74) is 2.42. The van der Waals surface area contributed by atoms with Gasteiger partial charge in [0.15, 0.2) is 11.5 Å². The molecule has 0 amide bonds. The smallest absolute Gasteiger partial charge is 0.414 e. The molecule has 0 unspecified atom stereocenters. The van der Waals surface area contributed by atoms with Gasteiger partial charge in [-0.3, -0.25) is 4.98 Å². The zero-order valence-electron chi connectivity index (χ0n) is 18.2. The largest absolute Gasteiger partial charge is 0.493 e. The van der Waals surface area contributed by atoms with Gasteiger partial charge in [-0.25, -0.2) is 9.59 Å². The number of benzene rings is 1. The molecule has 1 fully saturated rings. The van der Waals surface area contributed by atoms with Gasteiger partial charge >= 0.3 is 11.9 Å². The number of carbonyl (C=O) groups is 2. The van der Waals surface area contributed by atoms with Gasteiger partial charge < -0.3 is 29.7 Å². The normalized spacial score (nSPS) is 19.0. The van der Waals surface area contributed by atoms with Crippen molar-refractivity contribution in [3.8, 4) is 17.2 Å². The first-order valence-electron chi connectivity index (χ1n) is 9.58. The van der Waals surface area contributed by atoms with Gasteiger partial charge in [0.2, 0.25) is 5.75 Å². The second-order valence-electron chi connectivity index (χ2n) is 7.56. The highest BCUT2D eigenvalue weighted by molar-refractivity contribution is 6.27. The van der Waals surface area contributed by atoms with E-state index in [1.165, 1.54) is 5.56 Å². The minimum atomic E-state index is -1.82. The number of nitrogens with one attached hydrogen (secondary N) is 1. The molecule has 3 rings (SSSR count). The quantitative estimate of drug-likeness (QED) is 0.611. The fraction of sp³-hybridized carbons (Fsp3) is 0.409. The summed E-state index contributed by atoms with van der Waals surface area (Å²) in [5, 5.41) is 18.5. The standard InChI is InChI=1S/C20H26N2O3.C2H2O4/c1-20(2)15(13-6-8-21-9-7-13)12-16(22-20)14-10-17(23-3)19(25-5)18(11-14)24-4;3-1(4)2(5)6/h6-11,15-16,22H,12H2,1-5H3;(H,3,4)(H,5,6)/t15-,16+;/m0./s1. The summed E-state index contributed by atoms with van der Waals surface area (Å²) in [5.74, 6) is -1.26. The fourth-order valence-corrected chi connectivity index (χ4v) is 3.81. The molecule has 0 saturated carbocycles. The third-order valence-electron chi connectivity index (χ3n) is 5.27. The second-order valence-corrected chi connectivity index (χ2v) is 7.56. The van der Waals surface area contributed by atoms with Crippen molar-refractivity contribution in [2.75, 3.05) is 21.3 Å². The predicted molar refractivity (Wildman–Crippen MR) is 113 cm³/mol. The second kappa shape index (κ2) is 10.1. The molecule has 0 spiro atoms. The van der Waals surface area contributed by atoms with Crippen molar-refractivity contribution in [2.24, 2.45) is 0 Å². The lowest BCUT2D eigenvalue weighted by molar-refractivity contribution is -0.159. The predicted octanol–water partition coefficient (Wildman–Crippen LogP) is 2.86. The molecular formula is C22H28N2O7. The van der Waals surface area contributed by atoms with E-state index >= 15 is 0 Å². The molecule has 0 bridgehead atoms. The zero-order valence-corrected chi connectivity index (χ0v) is 18.2. The molecule has 31 heavy (non-hydrogen) atoms. The van der Waals surface area contributed by atoms with Crippen LogP contribution in [0.25, 0.3) is 0 Å². The van der Waals surface area contributed by atoms with Crippen LogP contribution in [0.2, 0.25) is 0 Å². The number of hydrogen-bond donors (Lipinski definition) is 3. The lowest BCUT2D eigenvalue weighted by atomic mass is 9.83. The Labute approximate surface area is 181 Å². The lowest BCUT2D eigenvalue weighted by Gasteiger charge is -2.27. The van der Waals surface area contributed by atoms with Gasteiger partial charge in [-0.15, -0.1) is 0 Å². The highest BCUT2D eigenvalue weighted by Gasteiger charge is 2.41. The van der Waals surface area contributed by atoms with Crippen LogP contribution >= 0.6 is 0 Å². The van der Waals surface area contributed by atoms with E-state index in [0.29, 0.717) is 23.2 Å². The summed E-state index contributed by atoms with van der Waals surface area (Å²) in [4.78, 5) is 22.3. The van der Waals surface area contributed by atoms with Crippen molar-refractivity contribution in [1.29, 1.82) is 0 Å². The van der Waals surface area contributed by atoms with Crippen molar-refractivity contribution in [3.05, 3.63) is 47.8 Å². The highest BCUT2D eigenvalue weighted by atomic mass is 16.5. The van der Waals surface area contributed by atoms with Crippen LogP contribution in [0.4, 0.5) is 0 Å². The molecule has 9 nitrogen and oxygen atoms in total. The van der Waals surface area contributed by atoms with E-state index in [4.69, 9.17) is 34.0 Å². The molecule has 2 atom stereocenters. The molecule has 1 saturated heterocycles. The summed E-state index contributed by atoms with van der Waals surface area (Å²) >= 11 is 0. The van der Waals surface area contributed by atoms with Crippen LogP contribution in [0.3, 0.4) is 0 Å². The lowest BCUT2D eigenvalue weighted by Crippen LogP contribution is -2.37. The van der Waals surface area contributed by atoms with Crippen LogP contribution in [0, 0.1) is 0 Å². The maximum absolute atomic E-state index is 9.10. The van der Waals surface area contributed by atoms with E-state index in [2.05, 4.69) is 36.3 Å². The molecule has 3 N–H and O–H groups in total. The van der Waals surface area contributed by atoms with Gasteiger partial charge in [-0.2, -0.15) is 0 Å². The van der Waals surface area contributed by atoms with E-state index in [1.54, 1.807) is 21.3 Å². The fourth-order valence-electron chi connectivity index (χ4n) is 3.81. The average molecular weight is 432 g/mol. The first-order valence-corrected chi connectivity index (χ1v) is 9.58. The van der Waals surface area contributed by atoms with E-state index in [-0.39, 0.29) is 11.6 Å². The van der Waals surface area contributed by atoms with E-state index in [1.807, 2.05) is 24.5 Å². The molecule has 2 aromatic rings. The molecular weight excluding hydrogens is 404 g/mol. The maximum Gasteiger partial charge on any atom is 0.414 e.